The molecule has 0 spiro atoms. The third-order valence-electron chi connectivity index (χ3n) is 4.04. The van der Waals surface area contributed by atoms with Gasteiger partial charge in [0.05, 0.1) is 0 Å². The van der Waals surface area contributed by atoms with Crippen LogP contribution in [0.25, 0.3) is 0 Å². The molecule has 4 N–H and O–H groups in total. The Morgan fingerprint density at radius 1 is 1.12 bits per heavy atom. The van der Waals surface area contributed by atoms with E-state index < -0.39 is 47.7 Å². The number of Topliss-reactive ketones (excluding diaryl/α,β-unsaturated/α-hetero) is 1. The minimum atomic E-state index is -1.74. The highest BCUT2D eigenvalue weighted by Crippen LogP contribution is 2.30. The second-order valence-corrected chi connectivity index (χ2v) is 5.66. The Kier molecular flexibility index (Phi) is 4.64. The Hall–Kier alpha value is -2.59. The van der Waals surface area contributed by atoms with E-state index in [1.165, 1.54) is 12.1 Å². The van der Waals surface area contributed by atoms with Crippen LogP contribution < -0.4 is 11.2 Å². The summed E-state index contributed by atoms with van der Waals surface area (Å²) in [7, 11) is 0. The minimum absolute atomic E-state index is 0.213. The standard InChI is InChI=1S/C16H16N2O7/c19-9-6-7-18(16(24)17-9)15-13(23)12(22)14(25-15)11(21)10(20)8-4-2-1-3-5-8/h1-7,11-15,21-23H,(H,17,19,24)/t11?,12-,13+,14+,15+/m0/s1. The summed E-state index contributed by atoms with van der Waals surface area (Å²) in [4.78, 5) is 37.2. The smallest absolute Gasteiger partial charge is 0.330 e. The van der Waals surface area contributed by atoms with Crippen LogP contribution in [-0.4, -0.2) is 55.1 Å². The van der Waals surface area contributed by atoms with Crippen LogP contribution in [0, 0.1) is 0 Å². The van der Waals surface area contributed by atoms with Gasteiger partial charge in [0.1, 0.15) is 24.4 Å². The number of carbonyl (C=O) groups excluding carboxylic acids is 1. The number of rotatable bonds is 4. The maximum absolute atomic E-state index is 12.3. The number of hydrogen-bond acceptors (Lipinski definition) is 7. The van der Waals surface area contributed by atoms with E-state index in [4.69, 9.17) is 4.74 Å². The Labute approximate surface area is 140 Å². The first kappa shape index (κ1) is 17.2. The third-order valence-corrected chi connectivity index (χ3v) is 4.04. The predicted molar refractivity (Wildman–Crippen MR) is 84.0 cm³/mol. The first-order valence-electron chi connectivity index (χ1n) is 7.50. The van der Waals surface area contributed by atoms with E-state index in [-0.39, 0.29) is 5.56 Å². The number of H-pyrrole nitrogens is 1. The van der Waals surface area contributed by atoms with Crippen molar-refractivity contribution in [1.82, 2.24) is 9.55 Å². The number of aliphatic hydroxyl groups excluding tert-OH is 3. The molecule has 1 unspecified atom stereocenters. The van der Waals surface area contributed by atoms with Gasteiger partial charge in [0, 0.05) is 17.8 Å². The number of carbonyl (C=O) groups is 1. The summed E-state index contributed by atoms with van der Waals surface area (Å²) in [5.74, 6) is -0.689. The molecule has 2 heterocycles. The van der Waals surface area contributed by atoms with E-state index in [1.54, 1.807) is 18.2 Å². The summed E-state index contributed by atoms with van der Waals surface area (Å²) in [5, 5.41) is 30.5. The van der Waals surface area contributed by atoms with Crippen LogP contribution in [0.2, 0.25) is 0 Å². The lowest BCUT2D eigenvalue weighted by atomic mass is 9.98. The summed E-state index contributed by atoms with van der Waals surface area (Å²) < 4.78 is 6.24. The van der Waals surface area contributed by atoms with E-state index in [2.05, 4.69) is 0 Å². The number of ether oxygens (including phenoxy) is 1. The topological polar surface area (TPSA) is 142 Å². The van der Waals surface area contributed by atoms with Crippen LogP contribution >= 0.6 is 0 Å². The summed E-state index contributed by atoms with van der Waals surface area (Å²) >= 11 is 0. The van der Waals surface area contributed by atoms with Crippen molar-refractivity contribution in [3.63, 3.8) is 0 Å². The molecule has 0 aliphatic carbocycles. The van der Waals surface area contributed by atoms with Gasteiger partial charge < -0.3 is 20.1 Å². The highest BCUT2D eigenvalue weighted by molar-refractivity contribution is 5.99. The highest BCUT2D eigenvalue weighted by Gasteiger charge is 2.49. The van der Waals surface area contributed by atoms with Crippen molar-refractivity contribution in [3.8, 4) is 0 Å². The molecule has 1 aliphatic heterocycles. The molecule has 1 aromatic carbocycles. The second kappa shape index (κ2) is 6.73. The third kappa shape index (κ3) is 3.17. The molecule has 1 fully saturated rings. The lowest BCUT2D eigenvalue weighted by Gasteiger charge is -2.20. The van der Waals surface area contributed by atoms with Crippen molar-refractivity contribution in [1.29, 1.82) is 0 Å². The molecule has 2 aromatic rings. The van der Waals surface area contributed by atoms with Crippen molar-refractivity contribution < 1.29 is 24.9 Å². The maximum atomic E-state index is 12.3. The Bertz CT molecular complexity index is 876. The van der Waals surface area contributed by atoms with E-state index in [0.717, 1.165) is 16.8 Å². The Morgan fingerprint density at radius 2 is 1.80 bits per heavy atom. The molecule has 25 heavy (non-hydrogen) atoms. The van der Waals surface area contributed by atoms with Crippen molar-refractivity contribution in [3.05, 3.63) is 69.0 Å². The fraction of sp³-hybridized carbons (Fsp3) is 0.312. The number of aromatic amines is 1. The molecule has 1 aromatic heterocycles. The molecule has 9 nitrogen and oxygen atoms in total. The van der Waals surface area contributed by atoms with Crippen LogP contribution in [0.5, 0.6) is 0 Å². The van der Waals surface area contributed by atoms with Gasteiger partial charge in [0.2, 0.25) is 0 Å². The number of aromatic nitrogens is 2. The Morgan fingerprint density at radius 3 is 2.44 bits per heavy atom. The van der Waals surface area contributed by atoms with Gasteiger partial charge in [0.25, 0.3) is 5.56 Å². The predicted octanol–water partition coefficient (Wildman–Crippen LogP) is -1.60. The SMILES string of the molecule is O=C(c1ccccc1)C(O)[C@H]1O[C@@H](n2ccc(=O)[nH]c2=O)[C@H](O)[C@@H]1O. The maximum Gasteiger partial charge on any atom is 0.330 e. The van der Waals surface area contributed by atoms with Crippen LogP contribution in [-0.2, 0) is 4.74 Å². The zero-order valence-electron chi connectivity index (χ0n) is 12.9. The molecule has 0 bridgehead atoms. The zero-order chi connectivity index (χ0) is 18.1. The monoisotopic (exact) mass is 348 g/mol. The van der Waals surface area contributed by atoms with E-state index >= 15 is 0 Å². The zero-order valence-corrected chi connectivity index (χ0v) is 12.9. The number of nitrogens with one attached hydrogen (secondary N) is 1. The van der Waals surface area contributed by atoms with Crippen molar-refractivity contribution >= 4 is 5.78 Å². The largest absolute Gasteiger partial charge is 0.387 e. The van der Waals surface area contributed by atoms with Crippen LogP contribution in [0.4, 0.5) is 0 Å². The molecule has 0 radical (unpaired) electrons. The molecule has 5 atom stereocenters. The summed E-state index contributed by atoms with van der Waals surface area (Å²) in [6.45, 7) is 0. The summed E-state index contributed by atoms with van der Waals surface area (Å²) in [6.07, 6.45) is -6.63. The van der Waals surface area contributed by atoms with Crippen LogP contribution in [0.3, 0.4) is 0 Å². The highest BCUT2D eigenvalue weighted by atomic mass is 16.6. The fourth-order valence-electron chi connectivity index (χ4n) is 2.73. The molecule has 3 rings (SSSR count). The number of benzene rings is 1. The normalized spacial score (nSPS) is 27.2. The molecular weight excluding hydrogens is 332 g/mol. The molecule has 0 saturated carbocycles. The van der Waals surface area contributed by atoms with Gasteiger partial charge >= 0.3 is 5.69 Å². The van der Waals surface area contributed by atoms with Crippen molar-refractivity contribution in [2.75, 3.05) is 0 Å². The van der Waals surface area contributed by atoms with Crippen LogP contribution in [0.15, 0.2) is 52.2 Å². The molecule has 0 amide bonds. The molecule has 1 aliphatic rings. The van der Waals surface area contributed by atoms with Gasteiger partial charge in [-0.2, -0.15) is 0 Å². The van der Waals surface area contributed by atoms with Gasteiger partial charge in [-0.25, -0.2) is 4.79 Å². The lowest BCUT2D eigenvalue weighted by Crippen LogP contribution is -2.43. The number of aliphatic hydroxyl groups is 3. The average molecular weight is 348 g/mol. The van der Waals surface area contributed by atoms with Gasteiger partial charge in [-0.1, -0.05) is 30.3 Å². The van der Waals surface area contributed by atoms with E-state index in [0.29, 0.717) is 0 Å². The number of hydrogen-bond donors (Lipinski definition) is 4. The quantitative estimate of drug-likeness (QED) is 0.488. The first-order valence-corrected chi connectivity index (χ1v) is 7.50. The number of ketones is 1. The summed E-state index contributed by atoms with van der Waals surface area (Å²) in [6, 6.07) is 8.96. The molecule has 1 saturated heterocycles. The fourth-order valence-corrected chi connectivity index (χ4v) is 2.73. The minimum Gasteiger partial charge on any atom is -0.387 e. The van der Waals surface area contributed by atoms with E-state index in [9.17, 15) is 29.7 Å². The number of nitrogens with zero attached hydrogens (tertiary/aromatic N) is 1. The van der Waals surface area contributed by atoms with Gasteiger partial charge in [0.15, 0.2) is 12.0 Å². The second-order valence-electron chi connectivity index (χ2n) is 5.66. The van der Waals surface area contributed by atoms with Gasteiger partial charge in [-0.3, -0.25) is 19.1 Å². The van der Waals surface area contributed by atoms with Gasteiger partial charge in [-0.05, 0) is 0 Å². The lowest BCUT2D eigenvalue weighted by molar-refractivity contribution is -0.0753. The molecule has 132 valence electrons. The first-order chi connectivity index (χ1) is 11.9. The average Bonchev–Trinajstić information content (AvgIpc) is 2.90. The van der Waals surface area contributed by atoms with Crippen LogP contribution in [0.1, 0.15) is 16.6 Å². The van der Waals surface area contributed by atoms with Crippen molar-refractivity contribution in [2.45, 2.75) is 30.6 Å². The van der Waals surface area contributed by atoms with Gasteiger partial charge in [-0.15, -0.1) is 0 Å². The molecule has 9 heteroatoms. The van der Waals surface area contributed by atoms with E-state index in [1.807, 2.05) is 4.98 Å². The Balaban J connectivity index is 1.85. The van der Waals surface area contributed by atoms with Crippen molar-refractivity contribution in [2.24, 2.45) is 0 Å². The summed E-state index contributed by atoms with van der Waals surface area (Å²) in [5.41, 5.74) is -1.27. The molecular formula is C16H16N2O7.